The number of benzene rings is 1. The van der Waals surface area contributed by atoms with E-state index in [4.69, 9.17) is 0 Å². The zero-order chi connectivity index (χ0) is 14.5. The fourth-order valence-corrected chi connectivity index (χ4v) is 2.12. The van der Waals surface area contributed by atoms with Crippen LogP contribution in [-0.4, -0.2) is 12.1 Å². The van der Waals surface area contributed by atoms with Crippen molar-refractivity contribution in [2.75, 3.05) is 0 Å². The van der Waals surface area contributed by atoms with Crippen molar-refractivity contribution in [3.8, 4) is 0 Å². The molecule has 0 spiro atoms. The lowest BCUT2D eigenvalue weighted by atomic mass is 9.89. The SMILES string of the molecule is CCC(CC)C(NC(=O)C(F)(F)F)c1ccccc1. The first-order valence-corrected chi connectivity index (χ1v) is 6.32. The van der Waals surface area contributed by atoms with E-state index >= 15 is 0 Å². The molecule has 0 aliphatic heterocycles. The van der Waals surface area contributed by atoms with Crippen LogP contribution < -0.4 is 5.32 Å². The maximum atomic E-state index is 12.4. The maximum absolute atomic E-state index is 12.4. The molecular formula is C14H18F3NO. The second kappa shape index (κ2) is 6.59. The van der Waals surface area contributed by atoms with Gasteiger partial charge in [-0.1, -0.05) is 57.0 Å². The number of carbonyl (C=O) groups excluding carboxylic acids is 1. The molecule has 0 saturated carbocycles. The second-order valence-electron chi connectivity index (χ2n) is 4.44. The Labute approximate surface area is 111 Å². The largest absolute Gasteiger partial charge is 0.471 e. The molecule has 0 heterocycles. The molecule has 0 bridgehead atoms. The fraction of sp³-hybridized carbons (Fsp3) is 0.500. The van der Waals surface area contributed by atoms with Crippen molar-refractivity contribution in [2.24, 2.45) is 5.92 Å². The standard InChI is InChI=1S/C14H18F3NO/c1-3-10(4-2)12(11-8-6-5-7-9-11)18-13(19)14(15,16)17/h5-10,12H,3-4H2,1-2H3,(H,18,19). The summed E-state index contributed by atoms with van der Waals surface area (Å²) in [4.78, 5) is 11.1. The number of amides is 1. The van der Waals surface area contributed by atoms with Crippen molar-refractivity contribution >= 4 is 5.91 Å². The maximum Gasteiger partial charge on any atom is 0.471 e. The van der Waals surface area contributed by atoms with Crippen molar-refractivity contribution in [3.05, 3.63) is 35.9 Å². The Bertz CT molecular complexity index is 399. The number of nitrogens with one attached hydrogen (secondary N) is 1. The van der Waals surface area contributed by atoms with Gasteiger partial charge in [-0.3, -0.25) is 4.79 Å². The van der Waals surface area contributed by atoms with E-state index in [0.29, 0.717) is 18.4 Å². The molecule has 106 valence electrons. The summed E-state index contributed by atoms with van der Waals surface area (Å²) in [5.41, 5.74) is 0.703. The third-order valence-electron chi connectivity index (χ3n) is 3.22. The van der Waals surface area contributed by atoms with Gasteiger partial charge in [0, 0.05) is 0 Å². The van der Waals surface area contributed by atoms with Crippen LogP contribution in [0.4, 0.5) is 13.2 Å². The first kappa shape index (κ1) is 15.5. The monoisotopic (exact) mass is 273 g/mol. The van der Waals surface area contributed by atoms with Crippen LogP contribution in [-0.2, 0) is 4.79 Å². The van der Waals surface area contributed by atoms with Gasteiger partial charge >= 0.3 is 12.1 Å². The van der Waals surface area contributed by atoms with Crippen LogP contribution in [0.3, 0.4) is 0 Å². The molecule has 0 aliphatic carbocycles. The molecule has 1 aromatic carbocycles. The molecule has 0 aliphatic rings. The van der Waals surface area contributed by atoms with Gasteiger partial charge in [0.25, 0.3) is 0 Å². The summed E-state index contributed by atoms with van der Waals surface area (Å²) in [6.45, 7) is 3.81. The summed E-state index contributed by atoms with van der Waals surface area (Å²) >= 11 is 0. The Kier molecular flexibility index (Phi) is 5.39. The summed E-state index contributed by atoms with van der Waals surface area (Å²) in [7, 11) is 0. The summed E-state index contributed by atoms with van der Waals surface area (Å²) < 4.78 is 37.2. The molecule has 1 amide bonds. The van der Waals surface area contributed by atoms with E-state index in [2.05, 4.69) is 5.32 Å². The molecule has 2 nitrogen and oxygen atoms in total. The highest BCUT2D eigenvalue weighted by Crippen LogP contribution is 2.28. The zero-order valence-electron chi connectivity index (χ0n) is 11.0. The quantitative estimate of drug-likeness (QED) is 0.867. The molecule has 19 heavy (non-hydrogen) atoms. The number of rotatable bonds is 5. The number of hydrogen-bond donors (Lipinski definition) is 1. The van der Waals surface area contributed by atoms with Gasteiger partial charge in [0.2, 0.25) is 0 Å². The highest BCUT2D eigenvalue weighted by atomic mass is 19.4. The molecule has 0 radical (unpaired) electrons. The molecule has 5 heteroatoms. The number of carbonyl (C=O) groups is 1. The molecular weight excluding hydrogens is 255 g/mol. The molecule has 0 fully saturated rings. The van der Waals surface area contributed by atoms with Gasteiger partial charge in [0.15, 0.2) is 0 Å². The molecule has 0 saturated heterocycles. The molecule has 1 unspecified atom stereocenters. The smallest absolute Gasteiger partial charge is 0.341 e. The average molecular weight is 273 g/mol. The van der Waals surface area contributed by atoms with Gasteiger partial charge in [-0.2, -0.15) is 13.2 Å². The van der Waals surface area contributed by atoms with Crippen molar-refractivity contribution in [3.63, 3.8) is 0 Å². The minimum absolute atomic E-state index is 0.0197. The van der Waals surface area contributed by atoms with Crippen LogP contribution in [0.2, 0.25) is 0 Å². The Morgan fingerprint density at radius 3 is 2.11 bits per heavy atom. The van der Waals surface area contributed by atoms with Crippen LogP contribution in [0.1, 0.15) is 38.3 Å². The van der Waals surface area contributed by atoms with Crippen LogP contribution in [0.15, 0.2) is 30.3 Å². The molecule has 0 aromatic heterocycles. The van der Waals surface area contributed by atoms with Crippen LogP contribution in [0.25, 0.3) is 0 Å². The van der Waals surface area contributed by atoms with Crippen molar-refractivity contribution in [1.29, 1.82) is 0 Å². The van der Waals surface area contributed by atoms with Crippen molar-refractivity contribution < 1.29 is 18.0 Å². The van der Waals surface area contributed by atoms with E-state index in [-0.39, 0.29) is 5.92 Å². The predicted molar refractivity (Wildman–Crippen MR) is 67.5 cm³/mol. The first-order valence-electron chi connectivity index (χ1n) is 6.32. The summed E-state index contributed by atoms with van der Waals surface area (Å²) in [5, 5.41) is 2.11. The fourth-order valence-electron chi connectivity index (χ4n) is 2.12. The minimum Gasteiger partial charge on any atom is -0.341 e. The Morgan fingerprint density at radius 2 is 1.68 bits per heavy atom. The van der Waals surface area contributed by atoms with Crippen LogP contribution >= 0.6 is 0 Å². The van der Waals surface area contributed by atoms with Crippen LogP contribution in [0.5, 0.6) is 0 Å². The van der Waals surface area contributed by atoms with Gasteiger partial charge < -0.3 is 5.32 Å². The number of halogens is 3. The van der Waals surface area contributed by atoms with Gasteiger partial charge in [-0.25, -0.2) is 0 Å². The Balaban J connectivity index is 2.97. The van der Waals surface area contributed by atoms with E-state index in [9.17, 15) is 18.0 Å². The van der Waals surface area contributed by atoms with Crippen molar-refractivity contribution in [2.45, 2.75) is 38.9 Å². The Morgan fingerprint density at radius 1 is 1.16 bits per heavy atom. The minimum atomic E-state index is -4.85. The highest BCUT2D eigenvalue weighted by Gasteiger charge is 2.40. The lowest BCUT2D eigenvalue weighted by molar-refractivity contribution is -0.174. The molecule has 1 atom stereocenters. The molecule has 1 N–H and O–H groups in total. The second-order valence-corrected chi connectivity index (χ2v) is 4.44. The van der Waals surface area contributed by atoms with Gasteiger partial charge in [0.05, 0.1) is 6.04 Å². The van der Waals surface area contributed by atoms with E-state index in [1.807, 2.05) is 13.8 Å². The van der Waals surface area contributed by atoms with Crippen molar-refractivity contribution in [1.82, 2.24) is 5.32 Å². The number of alkyl halides is 3. The van der Waals surface area contributed by atoms with E-state index in [1.54, 1.807) is 30.3 Å². The summed E-state index contributed by atoms with van der Waals surface area (Å²) in [6.07, 6.45) is -3.44. The topological polar surface area (TPSA) is 29.1 Å². The summed E-state index contributed by atoms with van der Waals surface area (Å²) in [6, 6.07) is 8.16. The van der Waals surface area contributed by atoms with E-state index in [1.165, 1.54) is 0 Å². The third kappa shape index (κ3) is 4.26. The van der Waals surface area contributed by atoms with E-state index in [0.717, 1.165) is 0 Å². The van der Waals surface area contributed by atoms with Gasteiger partial charge in [-0.15, -0.1) is 0 Å². The zero-order valence-corrected chi connectivity index (χ0v) is 11.0. The number of hydrogen-bond acceptors (Lipinski definition) is 1. The summed E-state index contributed by atoms with van der Waals surface area (Å²) in [5.74, 6) is -1.90. The van der Waals surface area contributed by atoms with Gasteiger partial charge in [0.1, 0.15) is 0 Å². The molecule has 1 aromatic rings. The third-order valence-corrected chi connectivity index (χ3v) is 3.22. The molecule has 1 rings (SSSR count). The highest BCUT2D eigenvalue weighted by molar-refractivity contribution is 5.82. The van der Waals surface area contributed by atoms with E-state index < -0.39 is 18.1 Å². The predicted octanol–water partition coefficient (Wildman–Crippen LogP) is 3.84. The average Bonchev–Trinajstić information content (AvgIpc) is 2.38. The normalized spacial score (nSPS) is 13.4. The lowest BCUT2D eigenvalue weighted by Crippen LogP contribution is -2.41. The Hall–Kier alpha value is -1.52. The van der Waals surface area contributed by atoms with Crippen LogP contribution in [0, 0.1) is 5.92 Å². The lowest BCUT2D eigenvalue weighted by Gasteiger charge is -2.27. The first-order chi connectivity index (χ1) is 8.90. The van der Waals surface area contributed by atoms with Gasteiger partial charge in [-0.05, 0) is 11.5 Å².